The zero-order chi connectivity index (χ0) is 19.2. The predicted molar refractivity (Wildman–Crippen MR) is 105 cm³/mol. The highest BCUT2D eigenvalue weighted by atomic mass is 32.1. The van der Waals surface area contributed by atoms with E-state index in [4.69, 9.17) is 4.74 Å². The third-order valence-electron chi connectivity index (χ3n) is 4.71. The quantitative estimate of drug-likeness (QED) is 0.827. The number of carbonyl (C=O) groups excluding carboxylic acids is 2. The fourth-order valence-electron chi connectivity index (χ4n) is 3.16. The van der Waals surface area contributed by atoms with Crippen molar-refractivity contribution in [2.24, 2.45) is 5.92 Å². The number of piperidine rings is 1. The maximum absolute atomic E-state index is 12.6. The van der Waals surface area contributed by atoms with Gasteiger partial charge in [0.25, 0.3) is 0 Å². The summed E-state index contributed by atoms with van der Waals surface area (Å²) in [4.78, 5) is 30.7. The van der Waals surface area contributed by atoms with Gasteiger partial charge in [0.1, 0.15) is 17.4 Å². The summed E-state index contributed by atoms with van der Waals surface area (Å²) in [6.07, 6.45) is 1.96. The van der Waals surface area contributed by atoms with Crippen molar-refractivity contribution in [1.29, 1.82) is 0 Å². The Morgan fingerprint density at radius 3 is 2.85 bits per heavy atom. The smallest absolute Gasteiger partial charge is 0.228 e. The molecular formula is C20H25N3O3S. The average Bonchev–Trinajstić information content (AvgIpc) is 3.14. The lowest BCUT2D eigenvalue weighted by Gasteiger charge is -2.31. The molecule has 1 aromatic heterocycles. The van der Waals surface area contributed by atoms with Gasteiger partial charge in [0.15, 0.2) is 0 Å². The molecule has 0 bridgehead atoms. The third kappa shape index (κ3) is 5.29. The number of rotatable bonds is 6. The lowest BCUT2D eigenvalue weighted by atomic mass is 9.97. The van der Waals surface area contributed by atoms with E-state index < -0.39 is 0 Å². The first-order valence-electron chi connectivity index (χ1n) is 9.17. The molecule has 2 aromatic rings. The summed E-state index contributed by atoms with van der Waals surface area (Å²) in [6.45, 7) is 3.63. The van der Waals surface area contributed by atoms with Crippen LogP contribution >= 0.6 is 11.3 Å². The number of aryl methyl sites for hydroxylation is 1. The van der Waals surface area contributed by atoms with Gasteiger partial charge in [-0.2, -0.15) is 0 Å². The first kappa shape index (κ1) is 19.4. The van der Waals surface area contributed by atoms with E-state index in [1.165, 1.54) is 16.9 Å². The van der Waals surface area contributed by atoms with Crippen molar-refractivity contribution in [3.63, 3.8) is 0 Å². The minimum atomic E-state index is -0.110. The van der Waals surface area contributed by atoms with Crippen molar-refractivity contribution < 1.29 is 14.3 Å². The second kappa shape index (κ2) is 8.99. The molecule has 27 heavy (non-hydrogen) atoms. The van der Waals surface area contributed by atoms with Crippen LogP contribution < -0.4 is 10.1 Å². The third-order valence-corrected chi connectivity index (χ3v) is 5.58. The molecule has 3 rings (SSSR count). The Morgan fingerprint density at radius 2 is 2.11 bits per heavy atom. The molecule has 1 saturated heterocycles. The number of likely N-dealkylation sites (tertiary alicyclic amines) is 1. The molecular weight excluding hydrogens is 362 g/mol. The number of benzene rings is 1. The highest BCUT2D eigenvalue weighted by molar-refractivity contribution is 7.09. The molecule has 2 heterocycles. The van der Waals surface area contributed by atoms with E-state index in [0.29, 0.717) is 19.7 Å². The van der Waals surface area contributed by atoms with Crippen molar-refractivity contribution in [1.82, 2.24) is 15.2 Å². The van der Waals surface area contributed by atoms with E-state index >= 15 is 0 Å². The van der Waals surface area contributed by atoms with Gasteiger partial charge in [-0.25, -0.2) is 4.98 Å². The fourth-order valence-corrected chi connectivity index (χ4v) is 3.87. The van der Waals surface area contributed by atoms with Crippen LogP contribution in [0.5, 0.6) is 5.75 Å². The zero-order valence-electron chi connectivity index (χ0n) is 15.7. The summed E-state index contributed by atoms with van der Waals surface area (Å²) in [5.41, 5.74) is 1.95. The van der Waals surface area contributed by atoms with E-state index in [1.54, 1.807) is 11.9 Å². The van der Waals surface area contributed by atoms with E-state index in [1.807, 2.05) is 36.6 Å². The minimum Gasteiger partial charge on any atom is -0.486 e. The summed E-state index contributed by atoms with van der Waals surface area (Å²) >= 11 is 1.50. The highest BCUT2D eigenvalue weighted by Gasteiger charge is 2.28. The lowest BCUT2D eigenvalue weighted by Crippen LogP contribution is -2.45. The van der Waals surface area contributed by atoms with Gasteiger partial charge in [0.2, 0.25) is 11.8 Å². The number of hydrogen-bond donors (Lipinski definition) is 1. The molecule has 1 aliphatic rings. The maximum atomic E-state index is 12.6. The molecule has 144 valence electrons. The minimum absolute atomic E-state index is 0.0108. The molecule has 2 amide bonds. The molecule has 0 spiro atoms. The van der Waals surface area contributed by atoms with Gasteiger partial charge in [-0.05, 0) is 31.9 Å². The van der Waals surface area contributed by atoms with Gasteiger partial charge >= 0.3 is 0 Å². The van der Waals surface area contributed by atoms with Gasteiger partial charge in [-0.15, -0.1) is 11.3 Å². The molecule has 0 saturated carbocycles. The normalized spacial score (nSPS) is 16.8. The SMILES string of the molecule is CNC(=O)C1CCCN(C(=O)Cc2csc(COc3ccc(C)cc3)n2)C1. The van der Waals surface area contributed by atoms with Crippen molar-refractivity contribution in [2.75, 3.05) is 20.1 Å². The first-order chi connectivity index (χ1) is 13.0. The summed E-state index contributed by atoms with van der Waals surface area (Å²) in [6, 6.07) is 7.89. The van der Waals surface area contributed by atoms with E-state index in [9.17, 15) is 9.59 Å². The average molecular weight is 388 g/mol. The second-order valence-corrected chi connectivity index (χ2v) is 7.75. The predicted octanol–water partition coefficient (Wildman–Crippen LogP) is 2.56. The van der Waals surface area contributed by atoms with Crippen LogP contribution in [0.25, 0.3) is 0 Å². The van der Waals surface area contributed by atoms with Crippen molar-refractivity contribution in [2.45, 2.75) is 32.8 Å². The molecule has 0 aliphatic carbocycles. The molecule has 7 heteroatoms. The van der Waals surface area contributed by atoms with E-state index in [2.05, 4.69) is 10.3 Å². The molecule has 6 nitrogen and oxygen atoms in total. The van der Waals surface area contributed by atoms with Crippen LogP contribution in [0.4, 0.5) is 0 Å². The van der Waals surface area contributed by atoms with Gasteiger partial charge in [-0.1, -0.05) is 17.7 Å². The molecule has 1 unspecified atom stereocenters. The van der Waals surface area contributed by atoms with Crippen LogP contribution in [-0.2, 0) is 22.6 Å². The summed E-state index contributed by atoms with van der Waals surface area (Å²) in [5.74, 6) is 0.736. The van der Waals surface area contributed by atoms with Gasteiger partial charge in [-0.3, -0.25) is 9.59 Å². The van der Waals surface area contributed by atoms with Gasteiger partial charge in [0.05, 0.1) is 18.0 Å². The molecule has 1 atom stereocenters. The maximum Gasteiger partial charge on any atom is 0.228 e. The Kier molecular flexibility index (Phi) is 6.45. The Hall–Kier alpha value is -2.41. The zero-order valence-corrected chi connectivity index (χ0v) is 16.6. The summed E-state index contributed by atoms with van der Waals surface area (Å²) in [5, 5.41) is 5.43. The Balaban J connectivity index is 1.51. The van der Waals surface area contributed by atoms with Crippen LogP contribution in [0, 0.1) is 12.8 Å². The standard InChI is InChI=1S/C20H25N3O3S/c1-14-5-7-17(8-6-14)26-12-18-22-16(13-27-18)10-19(24)23-9-3-4-15(11-23)20(25)21-2/h5-8,13,15H,3-4,9-12H2,1-2H3,(H,21,25). The van der Waals surface area contributed by atoms with Crippen LogP contribution in [0.1, 0.15) is 29.1 Å². The fraction of sp³-hybridized carbons (Fsp3) is 0.450. The highest BCUT2D eigenvalue weighted by Crippen LogP contribution is 2.19. The van der Waals surface area contributed by atoms with E-state index in [0.717, 1.165) is 29.3 Å². The number of aromatic nitrogens is 1. The number of hydrogen-bond acceptors (Lipinski definition) is 5. The number of thiazole rings is 1. The first-order valence-corrected chi connectivity index (χ1v) is 10.0. The van der Waals surface area contributed by atoms with Crippen LogP contribution in [-0.4, -0.2) is 41.8 Å². The second-order valence-electron chi connectivity index (χ2n) is 6.80. The molecule has 1 fully saturated rings. The summed E-state index contributed by atoms with van der Waals surface area (Å²) in [7, 11) is 1.64. The number of carbonyl (C=O) groups is 2. The van der Waals surface area contributed by atoms with Crippen molar-refractivity contribution in [3.8, 4) is 5.75 Å². The molecule has 1 N–H and O–H groups in total. The lowest BCUT2D eigenvalue weighted by molar-refractivity contribution is -0.135. The van der Waals surface area contributed by atoms with Crippen LogP contribution in [0.15, 0.2) is 29.6 Å². The largest absolute Gasteiger partial charge is 0.486 e. The topological polar surface area (TPSA) is 71.5 Å². The number of amides is 2. The van der Waals surface area contributed by atoms with Crippen molar-refractivity contribution in [3.05, 3.63) is 45.9 Å². The Labute approximate surface area is 163 Å². The molecule has 1 aromatic carbocycles. The Bertz CT molecular complexity index is 788. The number of nitrogens with one attached hydrogen (secondary N) is 1. The number of nitrogens with zero attached hydrogens (tertiary/aromatic N) is 2. The summed E-state index contributed by atoms with van der Waals surface area (Å²) < 4.78 is 5.74. The monoisotopic (exact) mass is 387 g/mol. The molecule has 0 radical (unpaired) electrons. The van der Waals surface area contributed by atoms with Gasteiger partial charge < -0.3 is 15.0 Å². The van der Waals surface area contributed by atoms with E-state index in [-0.39, 0.29) is 24.2 Å². The molecule has 1 aliphatic heterocycles. The Morgan fingerprint density at radius 1 is 1.33 bits per heavy atom. The van der Waals surface area contributed by atoms with Crippen molar-refractivity contribution >= 4 is 23.2 Å². The number of ether oxygens (including phenoxy) is 1. The van der Waals surface area contributed by atoms with Crippen LogP contribution in [0.2, 0.25) is 0 Å². The van der Waals surface area contributed by atoms with Gasteiger partial charge in [0, 0.05) is 25.5 Å². The van der Waals surface area contributed by atoms with Crippen LogP contribution in [0.3, 0.4) is 0 Å².